The van der Waals surface area contributed by atoms with Crippen molar-refractivity contribution in [3.63, 3.8) is 0 Å². The van der Waals surface area contributed by atoms with Crippen LogP contribution in [0.4, 0.5) is 0 Å². The van der Waals surface area contributed by atoms with Crippen molar-refractivity contribution in [1.82, 2.24) is 20.0 Å². The Morgan fingerprint density at radius 1 is 1.13 bits per heavy atom. The first-order valence-corrected chi connectivity index (χ1v) is 7.95. The molecule has 0 spiro atoms. The van der Waals surface area contributed by atoms with E-state index in [1.165, 1.54) is 12.8 Å². The average Bonchev–Trinajstić information content (AvgIpc) is 3.17. The third-order valence-electron chi connectivity index (χ3n) is 4.69. The number of halogens is 1. The van der Waals surface area contributed by atoms with E-state index in [1.54, 1.807) is 10.9 Å². The van der Waals surface area contributed by atoms with Crippen molar-refractivity contribution in [2.45, 2.75) is 31.3 Å². The van der Waals surface area contributed by atoms with Gasteiger partial charge in [-0.15, -0.1) is 12.4 Å². The Morgan fingerprint density at radius 2 is 1.91 bits per heavy atom. The van der Waals surface area contributed by atoms with Gasteiger partial charge in [-0.1, -0.05) is 0 Å². The van der Waals surface area contributed by atoms with Crippen LogP contribution in [0.1, 0.15) is 29.6 Å². The predicted octanol–water partition coefficient (Wildman–Crippen LogP) is 2.26. The minimum Gasteiger partial charge on any atom is -0.337 e. The first-order valence-electron chi connectivity index (χ1n) is 7.95. The van der Waals surface area contributed by atoms with E-state index in [2.05, 4.69) is 10.4 Å². The quantitative estimate of drug-likeness (QED) is 0.917. The zero-order chi connectivity index (χ0) is 14.9. The van der Waals surface area contributed by atoms with Crippen LogP contribution in [0.5, 0.6) is 0 Å². The van der Waals surface area contributed by atoms with Crippen LogP contribution in [0, 0.1) is 0 Å². The molecule has 6 heteroatoms. The molecule has 2 aliphatic rings. The molecule has 23 heavy (non-hydrogen) atoms. The molecule has 0 radical (unpaired) electrons. The van der Waals surface area contributed by atoms with Crippen LogP contribution in [0.15, 0.2) is 42.7 Å². The van der Waals surface area contributed by atoms with Crippen LogP contribution in [-0.4, -0.2) is 45.8 Å². The van der Waals surface area contributed by atoms with E-state index in [0.29, 0.717) is 12.1 Å². The number of likely N-dealkylation sites (tertiary alicyclic amines) is 1. The van der Waals surface area contributed by atoms with E-state index in [-0.39, 0.29) is 18.3 Å². The Balaban J connectivity index is 0.00000156. The number of nitrogens with zero attached hydrogens (tertiary/aromatic N) is 3. The molecule has 2 unspecified atom stereocenters. The van der Waals surface area contributed by atoms with E-state index < -0.39 is 0 Å². The van der Waals surface area contributed by atoms with Crippen molar-refractivity contribution in [3.05, 3.63) is 48.3 Å². The topological polar surface area (TPSA) is 50.2 Å². The lowest BCUT2D eigenvalue weighted by molar-refractivity contribution is 0.0748. The molecule has 1 N–H and O–H groups in total. The van der Waals surface area contributed by atoms with E-state index in [0.717, 1.165) is 30.8 Å². The highest BCUT2D eigenvalue weighted by atomic mass is 35.5. The second-order valence-corrected chi connectivity index (χ2v) is 6.18. The highest BCUT2D eigenvalue weighted by Gasteiger charge is 2.31. The van der Waals surface area contributed by atoms with Gasteiger partial charge in [0.2, 0.25) is 0 Å². The van der Waals surface area contributed by atoms with Crippen LogP contribution < -0.4 is 5.32 Å². The maximum Gasteiger partial charge on any atom is 0.253 e. The van der Waals surface area contributed by atoms with Gasteiger partial charge < -0.3 is 10.2 Å². The molecule has 2 bridgehead atoms. The number of amides is 1. The maximum absolute atomic E-state index is 12.7. The number of aromatic nitrogens is 2. The molecule has 2 aliphatic heterocycles. The molecular weight excluding hydrogens is 312 g/mol. The number of benzene rings is 1. The number of carbonyl (C=O) groups is 1. The van der Waals surface area contributed by atoms with Gasteiger partial charge in [-0.25, -0.2) is 4.68 Å². The van der Waals surface area contributed by atoms with Crippen molar-refractivity contribution in [2.75, 3.05) is 13.1 Å². The molecule has 2 aromatic rings. The third-order valence-corrected chi connectivity index (χ3v) is 4.69. The molecule has 2 atom stereocenters. The molecule has 0 aliphatic carbocycles. The second-order valence-electron chi connectivity index (χ2n) is 6.18. The summed E-state index contributed by atoms with van der Waals surface area (Å²) in [4.78, 5) is 14.7. The molecular formula is C17H21ClN4O. The Kier molecular flexibility index (Phi) is 4.68. The first kappa shape index (κ1) is 16.0. The van der Waals surface area contributed by atoms with Crippen molar-refractivity contribution in [2.24, 2.45) is 0 Å². The van der Waals surface area contributed by atoms with Crippen LogP contribution in [0.2, 0.25) is 0 Å². The average molecular weight is 333 g/mol. The lowest BCUT2D eigenvalue weighted by Crippen LogP contribution is -2.39. The van der Waals surface area contributed by atoms with E-state index >= 15 is 0 Å². The van der Waals surface area contributed by atoms with E-state index in [9.17, 15) is 4.79 Å². The smallest absolute Gasteiger partial charge is 0.253 e. The maximum atomic E-state index is 12.7. The molecule has 2 fully saturated rings. The number of rotatable bonds is 2. The first-order chi connectivity index (χ1) is 10.8. The molecule has 122 valence electrons. The lowest BCUT2D eigenvalue weighted by atomic mass is 10.1. The van der Waals surface area contributed by atoms with Crippen LogP contribution in [0.25, 0.3) is 5.69 Å². The fourth-order valence-electron chi connectivity index (χ4n) is 3.49. The molecule has 1 amide bonds. The molecule has 5 nitrogen and oxygen atoms in total. The summed E-state index contributed by atoms with van der Waals surface area (Å²) in [6.45, 7) is 1.68. The van der Waals surface area contributed by atoms with Gasteiger partial charge in [0.05, 0.1) is 5.69 Å². The second kappa shape index (κ2) is 6.72. The van der Waals surface area contributed by atoms with E-state index in [1.807, 2.05) is 41.4 Å². The van der Waals surface area contributed by atoms with Gasteiger partial charge in [0.25, 0.3) is 5.91 Å². The van der Waals surface area contributed by atoms with Gasteiger partial charge in [-0.05, 0) is 49.6 Å². The van der Waals surface area contributed by atoms with Crippen molar-refractivity contribution in [1.29, 1.82) is 0 Å². The summed E-state index contributed by atoms with van der Waals surface area (Å²) in [6, 6.07) is 10.7. The summed E-state index contributed by atoms with van der Waals surface area (Å²) in [6.07, 6.45) is 7.15. The van der Waals surface area contributed by atoms with Gasteiger partial charge in [0, 0.05) is 43.1 Å². The van der Waals surface area contributed by atoms with E-state index in [4.69, 9.17) is 0 Å². The summed E-state index contributed by atoms with van der Waals surface area (Å²) in [5.41, 5.74) is 1.73. The molecule has 2 saturated heterocycles. The highest BCUT2D eigenvalue weighted by Crippen LogP contribution is 2.21. The normalized spacial score (nSPS) is 23.2. The number of hydrogen-bond acceptors (Lipinski definition) is 3. The van der Waals surface area contributed by atoms with Crippen molar-refractivity contribution in [3.8, 4) is 5.69 Å². The van der Waals surface area contributed by atoms with Gasteiger partial charge in [-0.2, -0.15) is 5.10 Å². The van der Waals surface area contributed by atoms with Crippen molar-refractivity contribution >= 4 is 18.3 Å². The van der Waals surface area contributed by atoms with Crippen LogP contribution in [0.3, 0.4) is 0 Å². The molecule has 1 aromatic carbocycles. The Hall–Kier alpha value is -1.85. The number of fused-ring (bicyclic) bond motifs is 2. The van der Waals surface area contributed by atoms with Crippen LogP contribution in [-0.2, 0) is 0 Å². The van der Waals surface area contributed by atoms with Gasteiger partial charge in [0.1, 0.15) is 0 Å². The largest absolute Gasteiger partial charge is 0.337 e. The Bertz CT molecular complexity index is 656. The Labute approximate surface area is 142 Å². The molecule has 4 rings (SSSR count). The van der Waals surface area contributed by atoms with Gasteiger partial charge in [0.15, 0.2) is 0 Å². The minimum atomic E-state index is 0. The fourth-order valence-corrected chi connectivity index (χ4v) is 3.49. The van der Waals surface area contributed by atoms with Gasteiger partial charge >= 0.3 is 0 Å². The summed E-state index contributed by atoms with van der Waals surface area (Å²) in [5, 5.41) is 7.81. The zero-order valence-corrected chi connectivity index (χ0v) is 13.7. The Morgan fingerprint density at radius 3 is 2.65 bits per heavy atom. The lowest BCUT2D eigenvalue weighted by Gasteiger charge is -2.24. The van der Waals surface area contributed by atoms with Crippen LogP contribution >= 0.6 is 12.4 Å². The fraction of sp³-hybridized carbons (Fsp3) is 0.412. The monoisotopic (exact) mass is 332 g/mol. The number of hydrogen-bond donors (Lipinski definition) is 1. The molecule has 3 heterocycles. The SMILES string of the molecule is Cl.O=C(c1ccc(-n2cccn2)cc1)N1CCC2CCC(C1)N2. The summed E-state index contributed by atoms with van der Waals surface area (Å²) in [5.74, 6) is 0.140. The predicted molar refractivity (Wildman–Crippen MR) is 91.3 cm³/mol. The highest BCUT2D eigenvalue weighted by molar-refractivity contribution is 5.94. The summed E-state index contributed by atoms with van der Waals surface area (Å²) >= 11 is 0. The molecule has 0 saturated carbocycles. The number of nitrogens with one attached hydrogen (secondary N) is 1. The number of carbonyl (C=O) groups excluding carboxylic acids is 1. The summed E-state index contributed by atoms with van der Waals surface area (Å²) in [7, 11) is 0. The molecule has 1 aromatic heterocycles. The third kappa shape index (κ3) is 3.26. The zero-order valence-electron chi connectivity index (χ0n) is 12.9. The summed E-state index contributed by atoms with van der Waals surface area (Å²) < 4.78 is 1.79. The van der Waals surface area contributed by atoms with Crippen molar-refractivity contribution < 1.29 is 4.79 Å². The van der Waals surface area contributed by atoms with Gasteiger partial charge in [-0.3, -0.25) is 4.79 Å². The standard InChI is InChI=1S/C17H20N4O.ClH/c22-17(20-11-8-14-4-5-15(12-20)19-14)13-2-6-16(7-3-13)21-10-1-9-18-21;/h1-3,6-7,9-10,14-15,19H,4-5,8,11-12H2;1H. The minimum absolute atomic E-state index is 0.